The molecule has 0 heterocycles. The normalized spacial score (nSPS) is 9.29. The highest BCUT2D eigenvalue weighted by Gasteiger charge is 2.05. The first kappa shape index (κ1) is 45.2. The highest BCUT2D eigenvalue weighted by Crippen LogP contribution is 2.12. The third-order valence-electron chi connectivity index (χ3n) is 5.41. The van der Waals surface area contributed by atoms with E-state index in [0.717, 1.165) is 24.8 Å². The van der Waals surface area contributed by atoms with E-state index in [1.54, 1.807) is 19.1 Å². The maximum Gasteiger partial charge on any atom is 0.337 e. The molecule has 252 valence electrons. The number of carbonyl (C=O) groups is 6. The predicted octanol–water partition coefficient (Wildman–Crippen LogP) is 5.04. The van der Waals surface area contributed by atoms with Crippen molar-refractivity contribution in [3.05, 3.63) is 70.8 Å². The summed E-state index contributed by atoms with van der Waals surface area (Å²) in [6, 6.07) is 15.3. The van der Waals surface area contributed by atoms with E-state index in [1.807, 2.05) is 36.4 Å². The molecule has 0 saturated heterocycles. The Bertz CT molecular complexity index is 1150. The molecule has 45 heavy (non-hydrogen) atoms. The molecule has 2 aromatic carbocycles. The number of hydrogen-bond donors (Lipinski definition) is 0. The van der Waals surface area contributed by atoms with Crippen molar-refractivity contribution in [3.63, 3.8) is 0 Å². The van der Waals surface area contributed by atoms with E-state index in [1.165, 1.54) is 46.3 Å². The van der Waals surface area contributed by atoms with Gasteiger partial charge in [0.1, 0.15) is 25.4 Å². The monoisotopic (exact) mass is 634 g/mol. The maximum atomic E-state index is 11.4. The Balaban J connectivity index is -0.000000657. The van der Waals surface area contributed by atoms with Crippen molar-refractivity contribution in [3.8, 4) is 0 Å². The van der Waals surface area contributed by atoms with Gasteiger partial charge >= 0.3 is 17.9 Å². The van der Waals surface area contributed by atoms with Gasteiger partial charge < -0.3 is 23.7 Å². The van der Waals surface area contributed by atoms with Crippen molar-refractivity contribution in [1.29, 1.82) is 0 Å². The molecule has 0 N–H and O–H groups in total. The molecule has 0 atom stereocenters. The second-order valence-corrected chi connectivity index (χ2v) is 9.13. The molecular weight excluding hydrogens is 584 g/mol. The second-order valence-electron chi connectivity index (χ2n) is 9.13. The minimum Gasteiger partial charge on any atom is -0.469 e. The molecule has 0 unspecified atom stereocenters. The van der Waals surface area contributed by atoms with Crippen LogP contribution in [0.4, 0.5) is 0 Å². The average molecular weight is 635 g/mol. The number of rotatable bonds is 15. The molecule has 0 bridgehead atoms. The van der Waals surface area contributed by atoms with Crippen LogP contribution in [0.2, 0.25) is 0 Å². The van der Waals surface area contributed by atoms with Crippen LogP contribution in [0.5, 0.6) is 0 Å². The minimum atomic E-state index is -0.475. The van der Waals surface area contributed by atoms with E-state index in [0.29, 0.717) is 12.2 Å². The van der Waals surface area contributed by atoms with Crippen molar-refractivity contribution in [2.45, 2.75) is 61.3 Å². The molecule has 2 aromatic rings. The number of benzene rings is 2. The highest BCUT2D eigenvalue weighted by atomic mass is 16.6. The Kier molecular flexibility index (Phi) is 27.5. The molecule has 11 heteroatoms. The predicted molar refractivity (Wildman–Crippen MR) is 171 cm³/mol. The lowest BCUT2D eigenvalue weighted by Gasteiger charge is -2.05. The van der Waals surface area contributed by atoms with Gasteiger partial charge in [-0.05, 0) is 63.3 Å². The van der Waals surface area contributed by atoms with Crippen LogP contribution < -0.4 is 0 Å². The van der Waals surface area contributed by atoms with Crippen molar-refractivity contribution in [1.82, 2.24) is 0 Å². The molecule has 0 fully saturated rings. The number of ether oxygens (including phenoxy) is 5. The van der Waals surface area contributed by atoms with Gasteiger partial charge in [-0.15, -0.1) is 0 Å². The van der Waals surface area contributed by atoms with Gasteiger partial charge in [0, 0.05) is 5.56 Å². The summed E-state index contributed by atoms with van der Waals surface area (Å²) in [5.41, 5.74) is 3.76. The van der Waals surface area contributed by atoms with Crippen molar-refractivity contribution in [2.75, 3.05) is 47.8 Å². The SMILES string of the molecule is C.C.COC(=O)CC(C)=O.COC(=O)COCCOCC(C)=O.COC(=O)c1ccc(CCCc2ccc(C(C)=O)cc2)cc1. The standard InChI is InChI=1S/C19H20O3.C8H14O5.C5H8O3.2CH4/c1-14(20)17-10-6-15(7-11-17)4-3-5-16-8-12-18(13-9-16)19(21)22-2;1-7(9)5-12-3-4-13-6-8(10)11-2;1-4(6)3-5(7)8-2;;/h6-13H,3-5H2,1-2H3;3-6H2,1-2H3;3H2,1-2H3;2*1H4. The summed E-state index contributed by atoms with van der Waals surface area (Å²) in [6.45, 7) is 4.94. The summed E-state index contributed by atoms with van der Waals surface area (Å²) in [7, 11) is 3.93. The summed E-state index contributed by atoms with van der Waals surface area (Å²) >= 11 is 0. The lowest BCUT2D eigenvalue weighted by atomic mass is 10.0. The van der Waals surface area contributed by atoms with Crippen molar-refractivity contribution < 1.29 is 52.5 Å². The highest BCUT2D eigenvalue weighted by molar-refractivity contribution is 5.94. The summed E-state index contributed by atoms with van der Waals surface area (Å²) < 4.78 is 23.0. The number of carbonyl (C=O) groups excluding carboxylic acids is 6. The zero-order valence-electron chi connectivity index (χ0n) is 25.8. The smallest absolute Gasteiger partial charge is 0.337 e. The van der Waals surface area contributed by atoms with Gasteiger partial charge in [0.05, 0.1) is 40.1 Å². The van der Waals surface area contributed by atoms with Gasteiger partial charge in [-0.2, -0.15) is 0 Å². The first-order valence-corrected chi connectivity index (χ1v) is 13.5. The fraction of sp³-hybridized carbons (Fsp3) is 0.471. The quantitative estimate of drug-likeness (QED) is 0.0852. The topological polar surface area (TPSA) is 149 Å². The number of Topliss-reactive ketones (excluding diaryl/α,β-unsaturated/α-hetero) is 3. The molecule has 2 rings (SSSR count). The van der Waals surface area contributed by atoms with E-state index in [-0.39, 0.29) is 64.4 Å². The van der Waals surface area contributed by atoms with Crippen LogP contribution in [-0.4, -0.2) is 83.0 Å². The van der Waals surface area contributed by atoms with Gasteiger partial charge in [-0.25, -0.2) is 9.59 Å². The molecule has 0 radical (unpaired) electrons. The summed E-state index contributed by atoms with van der Waals surface area (Å²) in [5.74, 6) is -1.32. The largest absolute Gasteiger partial charge is 0.469 e. The summed E-state index contributed by atoms with van der Waals surface area (Å²) in [5, 5.41) is 0. The van der Waals surface area contributed by atoms with E-state index in [2.05, 4.69) is 14.2 Å². The fourth-order valence-electron chi connectivity index (χ4n) is 3.15. The molecule has 0 aliphatic carbocycles. The van der Waals surface area contributed by atoms with E-state index in [9.17, 15) is 28.8 Å². The Hall–Kier alpha value is -4.22. The maximum absolute atomic E-state index is 11.4. The van der Waals surface area contributed by atoms with E-state index in [4.69, 9.17) is 9.47 Å². The average Bonchev–Trinajstić information content (AvgIpc) is 2.99. The Morgan fingerprint density at radius 2 is 1.00 bits per heavy atom. The third kappa shape index (κ3) is 23.9. The van der Waals surface area contributed by atoms with Crippen LogP contribution in [0.15, 0.2) is 48.5 Å². The molecule has 0 saturated carbocycles. The number of methoxy groups -OCH3 is 3. The zero-order chi connectivity index (χ0) is 32.6. The summed E-state index contributed by atoms with van der Waals surface area (Å²) in [6.07, 6.45) is 2.83. The van der Waals surface area contributed by atoms with Gasteiger partial charge in [-0.3, -0.25) is 19.2 Å². The van der Waals surface area contributed by atoms with Crippen LogP contribution in [0.25, 0.3) is 0 Å². The van der Waals surface area contributed by atoms with Crippen LogP contribution in [-0.2, 0) is 55.7 Å². The number of esters is 3. The van der Waals surface area contributed by atoms with Crippen LogP contribution >= 0.6 is 0 Å². The fourth-order valence-corrected chi connectivity index (χ4v) is 3.15. The third-order valence-corrected chi connectivity index (χ3v) is 5.41. The van der Waals surface area contributed by atoms with Crippen LogP contribution in [0.3, 0.4) is 0 Å². The Labute approximate surface area is 267 Å². The number of ketones is 3. The molecular formula is C34H50O11. The molecule has 0 aromatic heterocycles. The van der Waals surface area contributed by atoms with Crippen molar-refractivity contribution in [2.24, 2.45) is 0 Å². The first-order valence-electron chi connectivity index (χ1n) is 13.5. The molecule has 0 aliphatic rings. The van der Waals surface area contributed by atoms with Crippen molar-refractivity contribution >= 4 is 35.3 Å². The lowest BCUT2D eigenvalue weighted by molar-refractivity contribution is -0.146. The minimum absolute atomic E-state index is 0. The van der Waals surface area contributed by atoms with E-state index >= 15 is 0 Å². The molecule has 11 nitrogen and oxygen atoms in total. The van der Waals surface area contributed by atoms with Crippen LogP contribution in [0, 0.1) is 0 Å². The first-order chi connectivity index (χ1) is 20.4. The van der Waals surface area contributed by atoms with Gasteiger partial charge in [0.2, 0.25) is 0 Å². The Morgan fingerprint density at radius 3 is 1.36 bits per heavy atom. The molecule has 0 amide bonds. The zero-order valence-corrected chi connectivity index (χ0v) is 25.8. The van der Waals surface area contributed by atoms with Gasteiger partial charge in [-0.1, -0.05) is 51.3 Å². The van der Waals surface area contributed by atoms with Gasteiger partial charge in [0.25, 0.3) is 0 Å². The summed E-state index contributed by atoms with van der Waals surface area (Å²) in [4.78, 5) is 63.8. The van der Waals surface area contributed by atoms with Gasteiger partial charge in [0.15, 0.2) is 11.6 Å². The van der Waals surface area contributed by atoms with E-state index < -0.39 is 11.9 Å². The number of hydrogen-bond acceptors (Lipinski definition) is 11. The Morgan fingerprint density at radius 1 is 0.556 bits per heavy atom. The lowest BCUT2D eigenvalue weighted by Crippen LogP contribution is -2.14. The number of aryl methyl sites for hydroxylation is 2. The second kappa shape index (κ2) is 27.3. The van der Waals surface area contributed by atoms with Crippen LogP contribution in [0.1, 0.15) is 80.3 Å². The molecule has 0 spiro atoms. The molecule has 0 aliphatic heterocycles.